The van der Waals surface area contributed by atoms with E-state index < -0.39 is 27.8 Å². The molecule has 0 spiro atoms. The van der Waals surface area contributed by atoms with Crippen molar-refractivity contribution >= 4 is 21.8 Å². The number of halogens is 1. The monoisotopic (exact) mass is 569 g/mol. The number of ether oxygens (including phenoxy) is 2. The minimum absolute atomic E-state index is 0.0686. The maximum Gasteiger partial charge on any atom is 0.261 e. The molecule has 9 nitrogen and oxygen atoms in total. The number of sulfonamides is 1. The van der Waals surface area contributed by atoms with Crippen LogP contribution in [-0.4, -0.2) is 68.4 Å². The highest BCUT2D eigenvalue weighted by molar-refractivity contribution is 7.89. The average Bonchev–Trinajstić information content (AvgIpc) is 2.99. The number of benzene rings is 3. The lowest BCUT2D eigenvalue weighted by molar-refractivity contribution is -0.142. The molecule has 3 aromatic rings. The summed E-state index contributed by atoms with van der Waals surface area (Å²) in [5.74, 6) is -0.913. The van der Waals surface area contributed by atoms with Crippen molar-refractivity contribution in [1.29, 1.82) is 0 Å². The SMILES string of the molecule is C[C@H](C(=O)NCc1ccccc1)N(Cc1ccc(F)cc1)C(=O)COc1ccc(S(=O)(=O)N2CCOCC2)cc1. The maximum absolute atomic E-state index is 13.4. The normalized spacial score (nSPS) is 14.8. The molecule has 0 radical (unpaired) electrons. The Morgan fingerprint density at radius 2 is 1.62 bits per heavy atom. The minimum atomic E-state index is -3.66. The summed E-state index contributed by atoms with van der Waals surface area (Å²) in [6.45, 7) is 2.88. The zero-order valence-electron chi connectivity index (χ0n) is 22.2. The molecule has 40 heavy (non-hydrogen) atoms. The van der Waals surface area contributed by atoms with Crippen molar-refractivity contribution in [2.45, 2.75) is 31.0 Å². The van der Waals surface area contributed by atoms with E-state index in [1.54, 1.807) is 19.1 Å². The van der Waals surface area contributed by atoms with Gasteiger partial charge in [0.2, 0.25) is 15.9 Å². The van der Waals surface area contributed by atoms with E-state index in [4.69, 9.17) is 9.47 Å². The molecule has 0 saturated carbocycles. The first-order valence-electron chi connectivity index (χ1n) is 12.9. The van der Waals surface area contributed by atoms with Gasteiger partial charge in [0.1, 0.15) is 17.6 Å². The first-order valence-corrected chi connectivity index (χ1v) is 14.3. The number of carbonyl (C=O) groups excluding carboxylic acids is 2. The molecule has 0 bridgehead atoms. The van der Waals surface area contributed by atoms with E-state index in [0.29, 0.717) is 31.1 Å². The Balaban J connectivity index is 1.41. The van der Waals surface area contributed by atoms with Crippen LogP contribution in [-0.2, 0) is 37.4 Å². The first kappa shape index (κ1) is 29.2. The highest BCUT2D eigenvalue weighted by Crippen LogP contribution is 2.21. The molecular formula is C29H32FN3O6S. The first-order chi connectivity index (χ1) is 19.2. The van der Waals surface area contributed by atoms with Gasteiger partial charge >= 0.3 is 0 Å². The topological polar surface area (TPSA) is 105 Å². The lowest BCUT2D eigenvalue weighted by atomic mass is 10.1. The summed E-state index contributed by atoms with van der Waals surface area (Å²) in [7, 11) is -3.66. The van der Waals surface area contributed by atoms with Crippen LogP contribution in [0.3, 0.4) is 0 Å². The van der Waals surface area contributed by atoms with E-state index in [2.05, 4.69) is 5.32 Å². The van der Waals surface area contributed by atoms with Crippen LogP contribution in [0, 0.1) is 5.82 Å². The Morgan fingerprint density at radius 3 is 2.27 bits per heavy atom. The van der Waals surface area contributed by atoms with Crippen LogP contribution in [0.25, 0.3) is 0 Å². The Bertz CT molecular complexity index is 1380. The lowest BCUT2D eigenvalue weighted by Crippen LogP contribution is -2.48. The van der Waals surface area contributed by atoms with Crippen LogP contribution in [0.5, 0.6) is 5.75 Å². The van der Waals surface area contributed by atoms with Crippen LogP contribution in [0.4, 0.5) is 4.39 Å². The summed E-state index contributed by atoms with van der Waals surface area (Å²) >= 11 is 0. The van der Waals surface area contributed by atoms with Crippen LogP contribution in [0.1, 0.15) is 18.1 Å². The highest BCUT2D eigenvalue weighted by atomic mass is 32.2. The third-order valence-electron chi connectivity index (χ3n) is 6.54. The van der Waals surface area contributed by atoms with Gasteiger partial charge in [0.25, 0.3) is 5.91 Å². The third-order valence-corrected chi connectivity index (χ3v) is 8.45. The predicted octanol–water partition coefficient (Wildman–Crippen LogP) is 2.96. The summed E-state index contributed by atoms with van der Waals surface area (Å²) in [6, 6.07) is 20.1. The van der Waals surface area contributed by atoms with Gasteiger partial charge < -0.3 is 19.7 Å². The number of rotatable bonds is 11. The molecule has 2 amide bonds. The number of hydrogen-bond donors (Lipinski definition) is 1. The molecule has 4 rings (SSSR count). The van der Waals surface area contributed by atoms with Crippen molar-refractivity contribution in [2.24, 2.45) is 0 Å². The molecule has 1 heterocycles. The predicted molar refractivity (Wildman–Crippen MR) is 146 cm³/mol. The van der Waals surface area contributed by atoms with Gasteiger partial charge in [-0.15, -0.1) is 0 Å². The van der Waals surface area contributed by atoms with E-state index in [1.165, 1.54) is 45.6 Å². The number of carbonyl (C=O) groups is 2. The van der Waals surface area contributed by atoms with Crippen LogP contribution >= 0.6 is 0 Å². The Hall–Kier alpha value is -3.80. The molecule has 0 unspecified atom stereocenters. The van der Waals surface area contributed by atoms with Crippen molar-refractivity contribution in [3.8, 4) is 5.75 Å². The zero-order chi connectivity index (χ0) is 28.5. The van der Waals surface area contributed by atoms with Gasteiger partial charge in [-0.25, -0.2) is 12.8 Å². The summed E-state index contributed by atoms with van der Waals surface area (Å²) in [5, 5.41) is 2.85. The molecule has 0 aliphatic carbocycles. The van der Waals surface area contributed by atoms with Gasteiger partial charge in [-0.2, -0.15) is 4.31 Å². The molecule has 1 saturated heterocycles. The molecule has 1 fully saturated rings. The second-order valence-electron chi connectivity index (χ2n) is 9.30. The van der Waals surface area contributed by atoms with Crippen molar-refractivity contribution in [3.63, 3.8) is 0 Å². The second-order valence-corrected chi connectivity index (χ2v) is 11.2. The van der Waals surface area contributed by atoms with Crippen LogP contribution < -0.4 is 10.1 Å². The number of nitrogens with one attached hydrogen (secondary N) is 1. The second kappa shape index (κ2) is 13.5. The molecule has 212 valence electrons. The molecule has 1 aliphatic rings. The summed E-state index contributed by atoms with van der Waals surface area (Å²) in [5.41, 5.74) is 1.57. The maximum atomic E-state index is 13.4. The standard InChI is InChI=1S/C29H32FN3O6S/c1-22(29(35)31-19-23-5-3-2-4-6-23)33(20-24-7-9-25(30)10-8-24)28(34)21-39-26-11-13-27(14-12-26)40(36,37)32-15-17-38-18-16-32/h2-14,22H,15-21H2,1H3,(H,31,35)/t22-/m1/s1. The highest BCUT2D eigenvalue weighted by Gasteiger charge is 2.28. The summed E-state index contributed by atoms with van der Waals surface area (Å²) in [4.78, 5) is 27.7. The van der Waals surface area contributed by atoms with E-state index in [-0.39, 0.29) is 37.0 Å². The summed E-state index contributed by atoms with van der Waals surface area (Å²) in [6.07, 6.45) is 0. The number of hydrogen-bond acceptors (Lipinski definition) is 6. The fraction of sp³-hybridized carbons (Fsp3) is 0.310. The molecule has 0 aromatic heterocycles. The van der Waals surface area contributed by atoms with Gasteiger partial charge in [-0.3, -0.25) is 9.59 Å². The molecule has 1 aliphatic heterocycles. The number of amides is 2. The van der Waals surface area contributed by atoms with E-state index >= 15 is 0 Å². The van der Waals surface area contributed by atoms with E-state index in [1.807, 2.05) is 30.3 Å². The summed E-state index contributed by atoms with van der Waals surface area (Å²) < 4.78 is 51.4. The Labute approximate surface area is 233 Å². The third kappa shape index (κ3) is 7.65. The van der Waals surface area contributed by atoms with Gasteiger partial charge in [0, 0.05) is 26.2 Å². The largest absolute Gasteiger partial charge is 0.484 e. The molecule has 1 atom stereocenters. The number of nitrogens with zero attached hydrogens (tertiary/aromatic N) is 2. The molecule has 3 aromatic carbocycles. The molecule has 1 N–H and O–H groups in total. The zero-order valence-corrected chi connectivity index (χ0v) is 23.0. The molecule has 11 heteroatoms. The van der Waals surface area contributed by atoms with Gasteiger partial charge in [-0.1, -0.05) is 42.5 Å². The number of morpholine rings is 1. The fourth-order valence-corrected chi connectivity index (χ4v) is 5.58. The smallest absolute Gasteiger partial charge is 0.261 e. The molecular weight excluding hydrogens is 537 g/mol. The lowest BCUT2D eigenvalue weighted by Gasteiger charge is -2.29. The van der Waals surface area contributed by atoms with Crippen LogP contribution in [0.2, 0.25) is 0 Å². The van der Waals surface area contributed by atoms with Crippen molar-refractivity contribution in [2.75, 3.05) is 32.9 Å². The quantitative estimate of drug-likeness (QED) is 0.381. The Kier molecular flexibility index (Phi) is 9.86. The average molecular weight is 570 g/mol. The minimum Gasteiger partial charge on any atom is -0.484 e. The Morgan fingerprint density at radius 1 is 0.975 bits per heavy atom. The van der Waals surface area contributed by atoms with Crippen molar-refractivity contribution in [3.05, 3.63) is 95.8 Å². The fourth-order valence-electron chi connectivity index (χ4n) is 4.17. The van der Waals surface area contributed by atoms with Gasteiger partial charge in [0.15, 0.2) is 6.61 Å². The van der Waals surface area contributed by atoms with Gasteiger partial charge in [0.05, 0.1) is 18.1 Å². The van der Waals surface area contributed by atoms with E-state index in [9.17, 15) is 22.4 Å². The van der Waals surface area contributed by atoms with E-state index in [0.717, 1.165) is 5.56 Å². The van der Waals surface area contributed by atoms with Crippen molar-refractivity contribution in [1.82, 2.24) is 14.5 Å². The van der Waals surface area contributed by atoms with Crippen molar-refractivity contribution < 1.29 is 31.9 Å². The van der Waals surface area contributed by atoms with Crippen LogP contribution in [0.15, 0.2) is 83.8 Å². The van der Waals surface area contributed by atoms with Gasteiger partial charge in [-0.05, 0) is 54.4 Å².